The number of aromatic amines is 1. The molecule has 0 radical (unpaired) electrons. The van der Waals surface area contributed by atoms with Gasteiger partial charge < -0.3 is 27.5 Å². The van der Waals surface area contributed by atoms with E-state index >= 15 is 4.39 Å². The van der Waals surface area contributed by atoms with Gasteiger partial charge in [-0.1, -0.05) is 29.8 Å². The van der Waals surface area contributed by atoms with Crippen LogP contribution in [-0.2, 0) is 13.0 Å². The van der Waals surface area contributed by atoms with Crippen LogP contribution in [0.3, 0.4) is 0 Å². The van der Waals surface area contributed by atoms with Crippen LogP contribution in [0.4, 0.5) is 4.39 Å². The molecule has 0 spiro atoms. The first-order valence-corrected chi connectivity index (χ1v) is 14.3. The van der Waals surface area contributed by atoms with Crippen LogP contribution in [0.5, 0.6) is 0 Å². The van der Waals surface area contributed by atoms with Crippen LogP contribution in [-0.4, -0.2) is 38.6 Å². The number of aryl methyl sites for hydroxylation is 1. The van der Waals surface area contributed by atoms with Crippen molar-refractivity contribution in [2.75, 3.05) is 0 Å². The molecule has 2 aromatic carbocycles. The van der Waals surface area contributed by atoms with E-state index in [1.54, 1.807) is 30.5 Å². The monoisotopic (exact) mass is 592 g/mol. The smallest absolute Gasteiger partial charge is 0.354 e. The number of fused-ring (bicyclic) bond motifs is 1. The summed E-state index contributed by atoms with van der Waals surface area (Å²) in [6.07, 6.45) is 6.58. The molecule has 2 heterocycles. The molecule has 11 heteroatoms. The van der Waals surface area contributed by atoms with Crippen molar-refractivity contribution in [3.05, 3.63) is 93.8 Å². The number of nitrogens with one attached hydrogen (secondary N) is 2. The van der Waals surface area contributed by atoms with E-state index in [-0.39, 0.29) is 29.1 Å². The van der Waals surface area contributed by atoms with E-state index < -0.39 is 11.5 Å². The average Bonchev–Trinajstić information content (AvgIpc) is 3.35. The fourth-order valence-electron chi connectivity index (χ4n) is 4.84. The van der Waals surface area contributed by atoms with Crippen LogP contribution >= 0.6 is 11.6 Å². The summed E-state index contributed by atoms with van der Waals surface area (Å²) in [5.74, 6) is -0.486. The van der Waals surface area contributed by atoms with Crippen molar-refractivity contribution in [2.24, 2.45) is 22.2 Å². The molecule has 2 aromatic heterocycles. The second-order valence-corrected chi connectivity index (χ2v) is 11.1. The van der Waals surface area contributed by atoms with Crippen LogP contribution in [0.1, 0.15) is 44.2 Å². The normalized spacial score (nSPS) is 13.5. The van der Waals surface area contributed by atoms with E-state index in [2.05, 4.69) is 33.8 Å². The van der Waals surface area contributed by atoms with Gasteiger partial charge in [0.2, 0.25) is 0 Å². The molecular weight excluding hydrogens is 555 g/mol. The first kappa shape index (κ1) is 31.0. The predicted molar refractivity (Wildman–Crippen MR) is 169 cm³/mol. The van der Waals surface area contributed by atoms with Gasteiger partial charge in [0.05, 0.1) is 22.4 Å². The van der Waals surface area contributed by atoms with Gasteiger partial charge in [0, 0.05) is 35.8 Å². The van der Waals surface area contributed by atoms with Gasteiger partial charge in [-0.25, -0.2) is 14.2 Å². The Hall–Kier alpha value is -3.99. The lowest BCUT2D eigenvalue weighted by Crippen LogP contribution is -2.31. The SMILES string of the molecule is C=C[C@H](C[C@@H](C)NCc1ccc(-n2cc3cc(-c4cc(CCC[C@H](C)N)cc(Cl)c4F)[nH]c3nc2=O)cc1)N=C(N)N. The maximum absolute atomic E-state index is 15.1. The summed E-state index contributed by atoms with van der Waals surface area (Å²) >= 11 is 6.23. The molecule has 0 bridgehead atoms. The number of guanidine groups is 1. The highest BCUT2D eigenvalue weighted by Crippen LogP contribution is 2.31. The van der Waals surface area contributed by atoms with Gasteiger partial charge in [-0.05, 0) is 81.0 Å². The Bertz CT molecular complexity index is 1620. The Kier molecular flexibility index (Phi) is 10.2. The zero-order chi connectivity index (χ0) is 30.4. The minimum Gasteiger partial charge on any atom is -0.370 e. The number of aromatic nitrogens is 3. The second-order valence-electron chi connectivity index (χ2n) is 10.7. The summed E-state index contributed by atoms with van der Waals surface area (Å²) in [5.41, 5.74) is 20.2. The minimum atomic E-state index is -0.524. The molecule has 4 rings (SSSR count). The molecular formula is C31H38ClFN8O. The van der Waals surface area contributed by atoms with Crippen LogP contribution < -0.4 is 28.2 Å². The first-order chi connectivity index (χ1) is 20.0. The fourth-order valence-corrected chi connectivity index (χ4v) is 5.09. The van der Waals surface area contributed by atoms with E-state index in [4.69, 9.17) is 28.8 Å². The van der Waals surface area contributed by atoms with Gasteiger partial charge in [-0.2, -0.15) is 4.98 Å². The molecule has 0 aliphatic rings. The summed E-state index contributed by atoms with van der Waals surface area (Å²) in [7, 11) is 0. The number of hydrogen-bond acceptors (Lipinski definition) is 5. The maximum atomic E-state index is 15.1. The van der Waals surface area contributed by atoms with E-state index in [1.807, 2.05) is 31.2 Å². The van der Waals surface area contributed by atoms with Crippen LogP contribution in [0.15, 0.2) is 71.1 Å². The zero-order valence-corrected chi connectivity index (χ0v) is 24.7. The van der Waals surface area contributed by atoms with Crippen molar-refractivity contribution >= 4 is 28.6 Å². The van der Waals surface area contributed by atoms with Crippen LogP contribution in [0, 0.1) is 5.82 Å². The van der Waals surface area contributed by atoms with Crippen LogP contribution in [0.25, 0.3) is 28.0 Å². The van der Waals surface area contributed by atoms with Crippen molar-refractivity contribution in [1.82, 2.24) is 19.9 Å². The van der Waals surface area contributed by atoms with E-state index in [0.29, 0.717) is 40.9 Å². The topological polar surface area (TPSA) is 153 Å². The first-order valence-electron chi connectivity index (χ1n) is 13.9. The molecule has 0 aliphatic heterocycles. The number of halogens is 2. The Balaban J connectivity index is 1.51. The highest BCUT2D eigenvalue weighted by molar-refractivity contribution is 6.31. The molecule has 0 saturated heterocycles. The quantitative estimate of drug-likeness (QED) is 0.0872. The predicted octanol–water partition coefficient (Wildman–Crippen LogP) is 4.54. The highest BCUT2D eigenvalue weighted by atomic mass is 35.5. The molecule has 3 atom stereocenters. The van der Waals surface area contributed by atoms with Crippen LogP contribution in [0.2, 0.25) is 5.02 Å². The minimum absolute atomic E-state index is 0.0380. The van der Waals surface area contributed by atoms with Gasteiger partial charge in [0.25, 0.3) is 0 Å². The van der Waals surface area contributed by atoms with Gasteiger partial charge in [0.15, 0.2) is 11.8 Å². The molecule has 0 fully saturated rings. The van der Waals surface area contributed by atoms with E-state index in [1.165, 1.54) is 4.57 Å². The number of nitrogens with two attached hydrogens (primary N) is 3. The van der Waals surface area contributed by atoms with Gasteiger partial charge >= 0.3 is 5.69 Å². The van der Waals surface area contributed by atoms with E-state index in [9.17, 15) is 4.79 Å². The number of H-pyrrole nitrogens is 1. The third-order valence-electron chi connectivity index (χ3n) is 7.06. The molecule has 42 heavy (non-hydrogen) atoms. The summed E-state index contributed by atoms with van der Waals surface area (Å²) in [4.78, 5) is 24.4. The molecule has 8 N–H and O–H groups in total. The molecule has 0 saturated carbocycles. The molecule has 0 amide bonds. The van der Waals surface area contributed by atoms with Crippen molar-refractivity contribution in [3.63, 3.8) is 0 Å². The summed E-state index contributed by atoms with van der Waals surface area (Å²) in [6.45, 7) is 8.42. The standard InChI is InChI=1S/C31H38ClFN8O/c1-4-23(38-30(35)36)12-19(3)37-16-20-8-10-24(11-9-20)41-17-22-15-27(39-29(22)40-31(41)42)25-13-21(7-5-6-18(2)34)14-26(32)28(25)33/h4,8-11,13-15,17-19,23,37H,1,5-7,12,16,34H2,2-3H3,(H4,35,36,38)(H,39,40,42)/t18-,19+,23+/m0/s1. The summed E-state index contributed by atoms with van der Waals surface area (Å²) < 4.78 is 16.5. The lowest BCUT2D eigenvalue weighted by Gasteiger charge is -2.17. The molecule has 4 aromatic rings. The third kappa shape index (κ3) is 7.84. The van der Waals surface area contributed by atoms with Gasteiger partial charge in [-0.3, -0.25) is 4.57 Å². The number of benzene rings is 2. The third-order valence-corrected chi connectivity index (χ3v) is 7.34. The van der Waals surface area contributed by atoms with Crippen molar-refractivity contribution in [3.8, 4) is 16.9 Å². The Morgan fingerprint density at radius 1 is 1.21 bits per heavy atom. The maximum Gasteiger partial charge on any atom is 0.354 e. The molecule has 9 nitrogen and oxygen atoms in total. The number of hydrogen-bond donors (Lipinski definition) is 5. The summed E-state index contributed by atoms with van der Waals surface area (Å²) in [6, 6.07) is 12.9. The lowest BCUT2D eigenvalue weighted by atomic mass is 10.0. The lowest BCUT2D eigenvalue weighted by molar-refractivity contribution is 0.493. The second kappa shape index (κ2) is 13.8. The van der Waals surface area contributed by atoms with Gasteiger partial charge in [-0.15, -0.1) is 6.58 Å². The van der Waals surface area contributed by atoms with Crippen molar-refractivity contribution in [2.45, 2.75) is 64.2 Å². The Labute approximate surface area is 249 Å². The highest BCUT2D eigenvalue weighted by Gasteiger charge is 2.16. The fraction of sp³-hybridized carbons (Fsp3) is 0.323. The number of nitrogens with zero attached hydrogens (tertiary/aromatic N) is 3. The largest absolute Gasteiger partial charge is 0.370 e. The Morgan fingerprint density at radius 2 is 1.95 bits per heavy atom. The number of aliphatic imine (C=N–C) groups is 1. The molecule has 222 valence electrons. The average molecular weight is 593 g/mol. The number of rotatable bonds is 13. The van der Waals surface area contributed by atoms with Gasteiger partial charge in [0.1, 0.15) is 5.65 Å². The van der Waals surface area contributed by atoms with E-state index in [0.717, 1.165) is 30.4 Å². The van der Waals surface area contributed by atoms with Crippen molar-refractivity contribution < 1.29 is 4.39 Å². The molecule has 0 unspecified atom stereocenters. The zero-order valence-electron chi connectivity index (χ0n) is 23.9. The summed E-state index contributed by atoms with van der Waals surface area (Å²) in [5, 5.41) is 4.16. The Morgan fingerprint density at radius 3 is 2.62 bits per heavy atom. The van der Waals surface area contributed by atoms with Crippen molar-refractivity contribution in [1.29, 1.82) is 0 Å². The molecule has 0 aliphatic carbocycles.